The van der Waals surface area contributed by atoms with Gasteiger partial charge in [-0.25, -0.2) is 14.4 Å². The second kappa shape index (κ2) is 28.8. The van der Waals surface area contributed by atoms with Crippen LogP contribution >= 0.6 is 0 Å². The van der Waals surface area contributed by atoms with Crippen LogP contribution in [0.25, 0.3) is 0 Å². The second-order valence-corrected chi connectivity index (χ2v) is 16.7. The zero-order valence-electron chi connectivity index (χ0n) is 37.1. The van der Waals surface area contributed by atoms with Crippen LogP contribution in [-0.4, -0.2) is 93.4 Å². The van der Waals surface area contributed by atoms with Gasteiger partial charge in [-0.05, 0) is 151 Å². The SMILES string of the molecule is C=C(CCCCC(=O)OCc1cc(COC(=O)CCCCC(=C)C(=O)OC[C@@H]2CCCN2)cc(COC(=O)CCCCC(=C)C(=O)OC[C@@H]2CCCN2)c1)C(=O)OC[C@@H]1CCCN1. The van der Waals surface area contributed by atoms with E-state index < -0.39 is 35.8 Å². The summed E-state index contributed by atoms with van der Waals surface area (Å²) in [6.45, 7) is 15.1. The molecule has 15 heteroatoms. The molecule has 4 rings (SSSR count). The molecule has 0 radical (unpaired) electrons. The first-order valence-corrected chi connectivity index (χ1v) is 22.8. The number of nitrogens with one attached hydrogen (secondary N) is 3. The van der Waals surface area contributed by atoms with Crippen LogP contribution in [0.3, 0.4) is 0 Å². The van der Waals surface area contributed by atoms with Gasteiger partial charge >= 0.3 is 35.8 Å². The number of carbonyl (C=O) groups is 6. The zero-order valence-corrected chi connectivity index (χ0v) is 37.1. The molecule has 3 fully saturated rings. The summed E-state index contributed by atoms with van der Waals surface area (Å²) in [6.07, 6.45) is 11.0. The lowest BCUT2D eigenvalue weighted by Crippen LogP contribution is -2.28. The van der Waals surface area contributed by atoms with Crippen LogP contribution in [0, 0.1) is 0 Å². The lowest BCUT2D eigenvalue weighted by atomic mass is 10.1. The molecule has 3 N–H and O–H groups in total. The summed E-state index contributed by atoms with van der Waals surface area (Å²) < 4.78 is 32.8. The normalized spacial score (nSPS) is 18.0. The van der Waals surface area contributed by atoms with Crippen molar-refractivity contribution in [2.24, 2.45) is 0 Å². The van der Waals surface area contributed by atoms with E-state index in [4.69, 9.17) is 28.4 Å². The van der Waals surface area contributed by atoms with Crippen LogP contribution in [0.1, 0.15) is 132 Å². The Morgan fingerprint density at radius 1 is 0.429 bits per heavy atom. The largest absolute Gasteiger partial charge is 0.461 e. The maximum Gasteiger partial charge on any atom is 0.333 e. The molecule has 3 heterocycles. The van der Waals surface area contributed by atoms with Gasteiger partial charge in [0.1, 0.15) is 39.6 Å². The Hall–Kier alpha value is -4.86. The number of esters is 6. The number of carbonyl (C=O) groups excluding carboxylic acids is 6. The van der Waals surface area contributed by atoms with Gasteiger partial charge in [-0.1, -0.05) is 19.7 Å². The summed E-state index contributed by atoms with van der Waals surface area (Å²) in [5.74, 6) is -2.49. The van der Waals surface area contributed by atoms with Crippen molar-refractivity contribution in [1.29, 1.82) is 0 Å². The van der Waals surface area contributed by atoms with Crippen LogP contribution in [0.15, 0.2) is 54.7 Å². The van der Waals surface area contributed by atoms with Crippen molar-refractivity contribution in [3.63, 3.8) is 0 Å². The highest BCUT2D eigenvalue weighted by atomic mass is 16.6. The van der Waals surface area contributed by atoms with Crippen LogP contribution < -0.4 is 16.0 Å². The predicted octanol–water partition coefficient (Wildman–Crippen LogP) is 6.05. The Labute approximate surface area is 372 Å². The number of unbranched alkanes of at least 4 members (excludes halogenated alkanes) is 3. The van der Waals surface area contributed by atoms with Crippen molar-refractivity contribution in [1.82, 2.24) is 16.0 Å². The van der Waals surface area contributed by atoms with Gasteiger partial charge in [0.25, 0.3) is 0 Å². The van der Waals surface area contributed by atoms with Crippen LogP contribution in [0.4, 0.5) is 0 Å². The summed E-state index contributed by atoms with van der Waals surface area (Å²) in [5.41, 5.74) is 2.99. The van der Waals surface area contributed by atoms with Gasteiger partial charge in [-0.3, -0.25) is 14.4 Å². The van der Waals surface area contributed by atoms with Crippen molar-refractivity contribution in [2.45, 2.75) is 154 Å². The van der Waals surface area contributed by atoms with E-state index in [-0.39, 0.29) is 57.2 Å². The molecule has 1 aromatic carbocycles. The van der Waals surface area contributed by atoms with Crippen LogP contribution in [0.5, 0.6) is 0 Å². The molecule has 3 aliphatic heterocycles. The van der Waals surface area contributed by atoms with Crippen molar-refractivity contribution in [3.05, 3.63) is 71.3 Å². The molecule has 0 aliphatic carbocycles. The Morgan fingerprint density at radius 2 is 0.698 bits per heavy atom. The number of benzene rings is 1. The monoisotopic (exact) mass is 879 g/mol. The van der Waals surface area contributed by atoms with Gasteiger partial charge in [0.2, 0.25) is 0 Å². The molecule has 348 valence electrons. The molecule has 3 aliphatic rings. The Morgan fingerprint density at radius 3 is 0.952 bits per heavy atom. The van der Waals surface area contributed by atoms with Crippen molar-refractivity contribution < 1.29 is 57.2 Å². The molecular formula is C48H69N3O12. The molecule has 3 saturated heterocycles. The topological polar surface area (TPSA) is 194 Å². The van der Waals surface area contributed by atoms with Gasteiger partial charge in [0, 0.05) is 54.1 Å². The fourth-order valence-corrected chi connectivity index (χ4v) is 7.46. The van der Waals surface area contributed by atoms with E-state index in [0.29, 0.717) is 111 Å². The second-order valence-electron chi connectivity index (χ2n) is 16.7. The van der Waals surface area contributed by atoms with Crippen molar-refractivity contribution >= 4 is 35.8 Å². The summed E-state index contributed by atoms with van der Waals surface area (Å²) in [4.78, 5) is 74.9. The number of ether oxygens (including phenoxy) is 6. The average molecular weight is 880 g/mol. The number of rotatable bonds is 30. The summed E-state index contributed by atoms with van der Waals surface area (Å²) in [7, 11) is 0. The van der Waals surface area contributed by atoms with Gasteiger partial charge in [-0.15, -0.1) is 0 Å². The van der Waals surface area contributed by atoms with Gasteiger partial charge in [0.15, 0.2) is 0 Å². The third-order valence-corrected chi connectivity index (χ3v) is 11.2. The van der Waals surface area contributed by atoms with E-state index in [1.54, 1.807) is 18.2 Å². The Balaban J connectivity index is 1.19. The zero-order chi connectivity index (χ0) is 45.2. The van der Waals surface area contributed by atoms with E-state index >= 15 is 0 Å². The quantitative estimate of drug-likeness (QED) is 0.0350. The number of hydrogen-bond donors (Lipinski definition) is 3. The first kappa shape index (κ1) is 50.8. The highest BCUT2D eigenvalue weighted by Gasteiger charge is 2.20. The van der Waals surface area contributed by atoms with E-state index in [1.807, 2.05) is 0 Å². The maximum atomic E-state index is 12.7. The maximum absolute atomic E-state index is 12.7. The van der Waals surface area contributed by atoms with Crippen LogP contribution in [0.2, 0.25) is 0 Å². The molecule has 63 heavy (non-hydrogen) atoms. The molecule has 0 saturated carbocycles. The standard InChI is InChI=1S/C48H69N3O12/c1-34(46(55)61-31-40-16-10-22-49-40)13-4-7-19-43(52)58-28-37-25-38(29-59-44(53)20-8-5-14-35(2)47(56)62-32-41-17-11-23-50-41)27-39(26-37)30-60-45(54)21-9-6-15-36(3)48(57)63-33-42-18-12-24-51-42/h25-27,40-42,49-51H,1-24,28-33H2/t40-,41-,42-/m0/s1. The van der Waals surface area contributed by atoms with Gasteiger partial charge < -0.3 is 44.4 Å². The molecular weight excluding hydrogens is 811 g/mol. The molecule has 0 aromatic heterocycles. The highest BCUT2D eigenvalue weighted by Crippen LogP contribution is 2.19. The Kier molecular flexibility index (Phi) is 23.2. The molecule has 0 spiro atoms. The Bertz CT molecular complexity index is 1500. The van der Waals surface area contributed by atoms with E-state index in [1.165, 1.54) is 0 Å². The predicted molar refractivity (Wildman–Crippen MR) is 235 cm³/mol. The molecule has 0 bridgehead atoms. The summed E-state index contributed by atoms with van der Waals surface area (Å²) in [6, 6.07) is 5.85. The van der Waals surface area contributed by atoms with Crippen molar-refractivity contribution in [3.8, 4) is 0 Å². The molecule has 3 atom stereocenters. The van der Waals surface area contributed by atoms with E-state index in [0.717, 1.165) is 58.2 Å². The fraction of sp³-hybridized carbons (Fsp3) is 0.625. The lowest BCUT2D eigenvalue weighted by Gasteiger charge is -2.13. The fourth-order valence-electron chi connectivity index (χ4n) is 7.46. The van der Waals surface area contributed by atoms with Gasteiger partial charge in [0.05, 0.1) is 0 Å². The van der Waals surface area contributed by atoms with Gasteiger partial charge in [-0.2, -0.15) is 0 Å². The summed E-state index contributed by atoms with van der Waals surface area (Å²) >= 11 is 0. The highest BCUT2D eigenvalue weighted by molar-refractivity contribution is 5.88. The minimum Gasteiger partial charge on any atom is -0.461 e. The first-order valence-electron chi connectivity index (χ1n) is 22.8. The van der Waals surface area contributed by atoms with Crippen molar-refractivity contribution in [2.75, 3.05) is 39.5 Å². The molecule has 0 amide bonds. The van der Waals surface area contributed by atoms with E-state index in [9.17, 15) is 28.8 Å². The lowest BCUT2D eigenvalue weighted by molar-refractivity contribution is -0.145. The smallest absolute Gasteiger partial charge is 0.333 e. The molecule has 1 aromatic rings. The summed E-state index contributed by atoms with van der Waals surface area (Å²) in [5, 5.41) is 9.85. The third kappa shape index (κ3) is 20.9. The first-order chi connectivity index (χ1) is 30.4. The molecule has 15 nitrogen and oxygen atoms in total. The average Bonchev–Trinajstić information content (AvgIpc) is 4.12. The number of hydrogen-bond acceptors (Lipinski definition) is 15. The van der Waals surface area contributed by atoms with Crippen LogP contribution in [-0.2, 0) is 77.0 Å². The molecule has 0 unspecified atom stereocenters. The minimum absolute atomic E-state index is 0.0528. The third-order valence-electron chi connectivity index (χ3n) is 11.2. The minimum atomic E-state index is -0.417. The van der Waals surface area contributed by atoms with E-state index in [2.05, 4.69) is 35.7 Å².